The van der Waals surface area contributed by atoms with Gasteiger partial charge in [0.2, 0.25) is 5.91 Å². The zero-order valence-electron chi connectivity index (χ0n) is 13.1. The molecule has 1 aliphatic carbocycles. The Labute approximate surface area is 131 Å². The van der Waals surface area contributed by atoms with E-state index in [2.05, 4.69) is 15.3 Å². The molecule has 1 N–H and O–H groups in total. The normalized spacial score (nSPS) is 19.2. The average molecular weight is 304 g/mol. The van der Waals surface area contributed by atoms with Gasteiger partial charge in [-0.1, -0.05) is 0 Å². The molecule has 1 saturated heterocycles. The van der Waals surface area contributed by atoms with Gasteiger partial charge in [-0.05, 0) is 31.7 Å². The zero-order chi connectivity index (χ0) is 15.4. The summed E-state index contributed by atoms with van der Waals surface area (Å²) in [5, 5.41) is 3.49. The van der Waals surface area contributed by atoms with Crippen molar-refractivity contribution in [1.29, 1.82) is 0 Å². The zero-order valence-corrected chi connectivity index (χ0v) is 13.1. The second-order valence-corrected chi connectivity index (χ2v) is 6.12. The van der Waals surface area contributed by atoms with Crippen molar-refractivity contribution in [2.24, 2.45) is 0 Å². The minimum atomic E-state index is 0.193. The highest BCUT2D eigenvalue weighted by Gasteiger charge is 2.27. The van der Waals surface area contributed by atoms with Crippen molar-refractivity contribution in [1.82, 2.24) is 14.9 Å². The molecule has 2 fully saturated rings. The largest absolute Gasteiger partial charge is 0.384 e. The number of ether oxygens (including phenoxy) is 1. The van der Waals surface area contributed by atoms with E-state index in [1.165, 1.54) is 12.8 Å². The average Bonchev–Trinajstić information content (AvgIpc) is 3.38. The molecule has 120 valence electrons. The van der Waals surface area contributed by atoms with Gasteiger partial charge in [0.1, 0.15) is 11.6 Å². The molecule has 0 aromatic carbocycles. The number of amides is 1. The molecule has 0 bridgehead atoms. The number of aromatic nitrogens is 2. The smallest absolute Gasteiger partial charge is 0.224 e. The van der Waals surface area contributed by atoms with E-state index in [9.17, 15) is 4.79 Å². The van der Waals surface area contributed by atoms with Crippen LogP contribution in [-0.2, 0) is 9.53 Å². The van der Waals surface area contributed by atoms with Crippen molar-refractivity contribution < 1.29 is 9.53 Å². The Morgan fingerprint density at radius 3 is 2.82 bits per heavy atom. The van der Waals surface area contributed by atoms with E-state index in [0.717, 1.165) is 37.6 Å². The van der Waals surface area contributed by atoms with Crippen LogP contribution < -0.4 is 5.32 Å². The number of nitrogens with zero attached hydrogens (tertiary/aromatic N) is 3. The van der Waals surface area contributed by atoms with Crippen LogP contribution in [0.3, 0.4) is 0 Å². The van der Waals surface area contributed by atoms with E-state index in [1.54, 1.807) is 7.11 Å². The fourth-order valence-electron chi connectivity index (χ4n) is 2.82. The molecule has 1 aromatic rings. The van der Waals surface area contributed by atoms with Gasteiger partial charge in [-0.25, -0.2) is 9.97 Å². The molecule has 1 aromatic heterocycles. The Morgan fingerprint density at radius 1 is 1.36 bits per heavy atom. The Bertz CT molecular complexity index is 511. The van der Waals surface area contributed by atoms with Crippen LogP contribution >= 0.6 is 0 Å². The number of piperidine rings is 1. The van der Waals surface area contributed by atoms with Crippen LogP contribution in [-0.4, -0.2) is 53.6 Å². The molecule has 2 aliphatic rings. The summed E-state index contributed by atoms with van der Waals surface area (Å²) in [5.41, 5.74) is 0. The monoisotopic (exact) mass is 304 g/mol. The van der Waals surface area contributed by atoms with E-state index >= 15 is 0 Å². The summed E-state index contributed by atoms with van der Waals surface area (Å²) in [4.78, 5) is 22.8. The molecule has 0 spiro atoms. The van der Waals surface area contributed by atoms with Gasteiger partial charge in [-0.15, -0.1) is 0 Å². The second-order valence-electron chi connectivity index (χ2n) is 6.12. The molecule has 0 unspecified atom stereocenters. The van der Waals surface area contributed by atoms with Crippen LogP contribution in [0.2, 0.25) is 0 Å². The van der Waals surface area contributed by atoms with Crippen LogP contribution in [0.1, 0.15) is 43.8 Å². The molecule has 2 heterocycles. The van der Waals surface area contributed by atoms with Crippen molar-refractivity contribution in [2.75, 3.05) is 32.1 Å². The predicted octanol–water partition coefficient (Wildman–Crippen LogP) is 1.79. The SMILES string of the molecule is COCCC(=O)N1CCC(Nc2ccnc(C3CC3)n2)CC1. The standard InChI is InChI=1S/C16H24N4O2/c1-22-11-7-15(21)20-9-5-13(6-10-20)18-14-4-8-17-16(19-14)12-2-3-12/h4,8,12-13H,2-3,5-7,9-11H2,1H3,(H,17,18,19). The van der Waals surface area contributed by atoms with Gasteiger partial charge in [0.05, 0.1) is 13.0 Å². The van der Waals surface area contributed by atoms with Gasteiger partial charge in [0.25, 0.3) is 0 Å². The number of hydrogen-bond donors (Lipinski definition) is 1. The van der Waals surface area contributed by atoms with E-state index < -0.39 is 0 Å². The number of anilines is 1. The van der Waals surface area contributed by atoms with Gasteiger partial charge in [0, 0.05) is 38.4 Å². The highest BCUT2D eigenvalue weighted by molar-refractivity contribution is 5.76. The molecular weight excluding hydrogens is 280 g/mol. The first kappa shape index (κ1) is 15.2. The van der Waals surface area contributed by atoms with Crippen molar-refractivity contribution in [3.63, 3.8) is 0 Å². The van der Waals surface area contributed by atoms with Crippen molar-refractivity contribution >= 4 is 11.7 Å². The number of likely N-dealkylation sites (tertiary alicyclic amines) is 1. The first-order valence-electron chi connectivity index (χ1n) is 8.12. The fraction of sp³-hybridized carbons (Fsp3) is 0.688. The second kappa shape index (κ2) is 7.05. The maximum atomic E-state index is 12.0. The van der Waals surface area contributed by atoms with Crippen molar-refractivity contribution in [2.45, 2.75) is 44.1 Å². The number of methoxy groups -OCH3 is 1. The molecule has 6 nitrogen and oxygen atoms in total. The molecule has 6 heteroatoms. The molecule has 1 amide bonds. The number of nitrogens with one attached hydrogen (secondary N) is 1. The van der Waals surface area contributed by atoms with Gasteiger partial charge >= 0.3 is 0 Å². The van der Waals surface area contributed by atoms with Gasteiger partial charge in [-0.2, -0.15) is 0 Å². The maximum Gasteiger partial charge on any atom is 0.224 e. The van der Waals surface area contributed by atoms with Crippen LogP contribution in [0.25, 0.3) is 0 Å². The van der Waals surface area contributed by atoms with Crippen molar-refractivity contribution in [3.05, 3.63) is 18.1 Å². The summed E-state index contributed by atoms with van der Waals surface area (Å²) in [7, 11) is 1.63. The van der Waals surface area contributed by atoms with E-state index in [0.29, 0.717) is 25.0 Å². The molecule has 0 radical (unpaired) electrons. The van der Waals surface area contributed by atoms with Gasteiger partial charge in [-0.3, -0.25) is 4.79 Å². The van der Waals surface area contributed by atoms with Gasteiger partial charge < -0.3 is 15.0 Å². The minimum Gasteiger partial charge on any atom is -0.384 e. The summed E-state index contributed by atoms with van der Waals surface area (Å²) in [6.07, 6.45) is 6.66. The fourth-order valence-corrected chi connectivity index (χ4v) is 2.82. The molecule has 22 heavy (non-hydrogen) atoms. The Morgan fingerprint density at radius 2 is 2.14 bits per heavy atom. The van der Waals surface area contributed by atoms with E-state index in [1.807, 2.05) is 17.2 Å². The van der Waals surface area contributed by atoms with Gasteiger partial charge in [0.15, 0.2) is 0 Å². The summed E-state index contributed by atoms with van der Waals surface area (Å²) in [6, 6.07) is 2.32. The third-order valence-corrected chi connectivity index (χ3v) is 4.34. The van der Waals surface area contributed by atoms with Crippen LogP contribution in [0.15, 0.2) is 12.3 Å². The maximum absolute atomic E-state index is 12.0. The molecule has 1 saturated carbocycles. The van der Waals surface area contributed by atoms with E-state index in [4.69, 9.17) is 4.74 Å². The minimum absolute atomic E-state index is 0.193. The summed E-state index contributed by atoms with van der Waals surface area (Å²) in [6.45, 7) is 2.11. The van der Waals surface area contributed by atoms with Crippen LogP contribution in [0.5, 0.6) is 0 Å². The topological polar surface area (TPSA) is 67.3 Å². The molecule has 1 aliphatic heterocycles. The highest BCUT2D eigenvalue weighted by Crippen LogP contribution is 2.38. The number of carbonyl (C=O) groups excluding carboxylic acids is 1. The third-order valence-electron chi connectivity index (χ3n) is 4.34. The molecule has 3 rings (SSSR count). The van der Waals surface area contributed by atoms with Crippen LogP contribution in [0.4, 0.5) is 5.82 Å². The predicted molar refractivity (Wildman–Crippen MR) is 83.7 cm³/mol. The number of carbonyl (C=O) groups is 1. The third kappa shape index (κ3) is 3.94. The quantitative estimate of drug-likeness (QED) is 0.868. The lowest BCUT2D eigenvalue weighted by molar-refractivity contribution is -0.133. The Balaban J connectivity index is 1.47. The highest BCUT2D eigenvalue weighted by atomic mass is 16.5. The first-order valence-corrected chi connectivity index (χ1v) is 8.12. The lowest BCUT2D eigenvalue weighted by Crippen LogP contribution is -2.42. The number of hydrogen-bond acceptors (Lipinski definition) is 5. The molecule has 0 atom stereocenters. The lowest BCUT2D eigenvalue weighted by atomic mass is 10.0. The summed E-state index contributed by atoms with van der Waals surface area (Å²) >= 11 is 0. The lowest BCUT2D eigenvalue weighted by Gasteiger charge is -2.32. The Kier molecular flexibility index (Phi) is 4.87. The summed E-state index contributed by atoms with van der Waals surface area (Å²) < 4.78 is 4.96. The van der Waals surface area contributed by atoms with E-state index in [-0.39, 0.29) is 5.91 Å². The first-order chi connectivity index (χ1) is 10.8. The van der Waals surface area contributed by atoms with Crippen molar-refractivity contribution in [3.8, 4) is 0 Å². The Hall–Kier alpha value is -1.69. The summed E-state index contributed by atoms with van der Waals surface area (Å²) in [5.74, 6) is 2.65. The van der Waals surface area contributed by atoms with Crippen LogP contribution in [0, 0.1) is 0 Å². The molecular formula is C16H24N4O2. The number of rotatable bonds is 6.